The monoisotopic (exact) mass is 278 g/mol. The van der Waals surface area contributed by atoms with E-state index in [2.05, 4.69) is 10.4 Å². The number of piperazine rings is 1. The van der Waals surface area contributed by atoms with E-state index in [0.29, 0.717) is 13.1 Å². The fourth-order valence-corrected chi connectivity index (χ4v) is 2.36. The van der Waals surface area contributed by atoms with Crippen molar-refractivity contribution >= 4 is 11.8 Å². The standard InChI is InChI=1S/C14H22N4O2/c1-10-12(19)16-11(14(2,3)4)13(20)18(10)9-8-17-7-5-6-15-17/h5-7,10-11H,8-9H2,1-4H3,(H,16,19). The van der Waals surface area contributed by atoms with Gasteiger partial charge in [0.2, 0.25) is 11.8 Å². The van der Waals surface area contributed by atoms with E-state index in [1.165, 1.54) is 0 Å². The lowest BCUT2D eigenvalue weighted by atomic mass is 9.84. The van der Waals surface area contributed by atoms with Gasteiger partial charge >= 0.3 is 0 Å². The topological polar surface area (TPSA) is 67.2 Å². The summed E-state index contributed by atoms with van der Waals surface area (Å²) in [5, 5.41) is 6.94. The lowest BCUT2D eigenvalue weighted by molar-refractivity contribution is -0.151. The Morgan fingerprint density at radius 2 is 2.00 bits per heavy atom. The molecule has 2 rings (SSSR count). The second-order valence-electron chi connectivity index (χ2n) is 6.28. The molecule has 2 atom stereocenters. The van der Waals surface area contributed by atoms with Crippen molar-refractivity contribution in [1.82, 2.24) is 20.0 Å². The third-order valence-corrected chi connectivity index (χ3v) is 3.66. The van der Waals surface area contributed by atoms with E-state index in [-0.39, 0.29) is 17.2 Å². The average molecular weight is 278 g/mol. The predicted octanol–water partition coefficient (Wildman–Crippen LogP) is 0.645. The Morgan fingerprint density at radius 1 is 1.30 bits per heavy atom. The van der Waals surface area contributed by atoms with Crippen LogP contribution in [0, 0.1) is 5.41 Å². The van der Waals surface area contributed by atoms with E-state index in [1.807, 2.05) is 33.0 Å². The molecule has 0 saturated carbocycles. The minimum atomic E-state index is -0.469. The van der Waals surface area contributed by atoms with Crippen LogP contribution in [0.25, 0.3) is 0 Å². The van der Waals surface area contributed by atoms with E-state index < -0.39 is 12.1 Å². The highest BCUT2D eigenvalue weighted by Crippen LogP contribution is 2.24. The van der Waals surface area contributed by atoms with Crippen molar-refractivity contribution in [2.24, 2.45) is 5.41 Å². The number of rotatable bonds is 3. The smallest absolute Gasteiger partial charge is 0.246 e. The highest BCUT2D eigenvalue weighted by Gasteiger charge is 2.43. The fourth-order valence-electron chi connectivity index (χ4n) is 2.36. The molecule has 0 aliphatic carbocycles. The molecule has 1 aromatic rings. The maximum absolute atomic E-state index is 12.6. The van der Waals surface area contributed by atoms with Crippen LogP contribution in [0.5, 0.6) is 0 Å². The Bertz CT molecular complexity index is 490. The van der Waals surface area contributed by atoms with Crippen molar-refractivity contribution < 1.29 is 9.59 Å². The third-order valence-electron chi connectivity index (χ3n) is 3.66. The average Bonchev–Trinajstić information content (AvgIpc) is 2.85. The van der Waals surface area contributed by atoms with Crippen LogP contribution in [0.2, 0.25) is 0 Å². The van der Waals surface area contributed by atoms with Crippen LogP contribution in [-0.2, 0) is 16.1 Å². The summed E-state index contributed by atoms with van der Waals surface area (Å²) in [5.74, 6) is -0.109. The molecule has 6 heteroatoms. The first-order valence-electron chi connectivity index (χ1n) is 6.89. The number of nitrogens with one attached hydrogen (secondary N) is 1. The van der Waals surface area contributed by atoms with Gasteiger partial charge in [-0.15, -0.1) is 0 Å². The maximum Gasteiger partial charge on any atom is 0.246 e. The number of nitrogens with zero attached hydrogens (tertiary/aromatic N) is 3. The summed E-state index contributed by atoms with van der Waals surface area (Å²) in [6.07, 6.45) is 3.55. The molecule has 1 aromatic heterocycles. The molecular formula is C14H22N4O2. The van der Waals surface area contributed by atoms with Crippen LogP contribution < -0.4 is 5.32 Å². The number of amides is 2. The summed E-state index contributed by atoms with van der Waals surface area (Å²) >= 11 is 0. The minimum absolute atomic E-state index is 0.0169. The van der Waals surface area contributed by atoms with Crippen molar-refractivity contribution in [3.8, 4) is 0 Å². The quantitative estimate of drug-likeness (QED) is 0.882. The lowest BCUT2D eigenvalue weighted by Crippen LogP contribution is -2.66. The Balaban J connectivity index is 2.12. The lowest BCUT2D eigenvalue weighted by Gasteiger charge is -2.42. The van der Waals surface area contributed by atoms with Gasteiger partial charge in [-0.2, -0.15) is 5.10 Å². The summed E-state index contributed by atoms with van der Waals surface area (Å²) in [5.41, 5.74) is -0.295. The zero-order valence-corrected chi connectivity index (χ0v) is 12.5. The fraction of sp³-hybridized carbons (Fsp3) is 0.643. The Morgan fingerprint density at radius 3 is 2.55 bits per heavy atom. The van der Waals surface area contributed by atoms with Crippen LogP contribution in [-0.4, -0.2) is 45.1 Å². The molecular weight excluding hydrogens is 256 g/mol. The van der Waals surface area contributed by atoms with E-state index in [4.69, 9.17) is 0 Å². The molecule has 0 spiro atoms. The third kappa shape index (κ3) is 2.84. The number of hydrogen-bond donors (Lipinski definition) is 1. The van der Waals surface area contributed by atoms with E-state index >= 15 is 0 Å². The first-order valence-corrected chi connectivity index (χ1v) is 6.89. The van der Waals surface area contributed by atoms with Gasteiger partial charge in [-0.1, -0.05) is 20.8 Å². The molecule has 0 radical (unpaired) electrons. The van der Waals surface area contributed by atoms with Gasteiger partial charge in [-0.25, -0.2) is 0 Å². The summed E-state index contributed by atoms with van der Waals surface area (Å²) in [4.78, 5) is 26.3. The molecule has 6 nitrogen and oxygen atoms in total. The van der Waals surface area contributed by atoms with Crippen LogP contribution in [0.15, 0.2) is 18.5 Å². The molecule has 1 aliphatic heterocycles. The molecule has 0 aromatic carbocycles. The van der Waals surface area contributed by atoms with Gasteiger partial charge in [-0.05, 0) is 18.4 Å². The molecule has 110 valence electrons. The first-order chi connectivity index (χ1) is 9.30. The number of hydrogen-bond acceptors (Lipinski definition) is 3. The minimum Gasteiger partial charge on any atom is -0.342 e. The maximum atomic E-state index is 12.6. The van der Waals surface area contributed by atoms with Gasteiger partial charge in [0.25, 0.3) is 0 Å². The van der Waals surface area contributed by atoms with Gasteiger partial charge < -0.3 is 10.2 Å². The molecule has 1 saturated heterocycles. The van der Waals surface area contributed by atoms with Crippen LogP contribution in [0.1, 0.15) is 27.7 Å². The molecule has 20 heavy (non-hydrogen) atoms. The summed E-state index contributed by atoms with van der Waals surface area (Å²) in [6, 6.07) is 0.937. The predicted molar refractivity (Wildman–Crippen MR) is 74.8 cm³/mol. The number of carbonyl (C=O) groups is 2. The SMILES string of the molecule is CC1C(=O)NC(C(C)(C)C)C(=O)N1CCn1cccn1. The molecule has 1 fully saturated rings. The Hall–Kier alpha value is -1.85. The van der Waals surface area contributed by atoms with E-state index in [0.717, 1.165) is 0 Å². The molecule has 1 aliphatic rings. The zero-order chi connectivity index (χ0) is 14.9. The van der Waals surface area contributed by atoms with Gasteiger partial charge in [0, 0.05) is 18.9 Å². The summed E-state index contributed by atoms with van der Waals surface area (Å²) < 4.78 is 1.76. The molecule has 2 unspecified atom stereocenters. The van der Waals surface area contributed by atoms with Crippen molar-refractivity contribution in [3.05, 3.63) is 18.5 Å². The normalized spacial score (nSPS) is 23.9. The van der Waals surface area contributed by atoms with Crippen molar-refractivity contribution in [2.45, 2.75) is 46.3 Å². The van der Waals surface area contributed by atoms with Crippen molar-refractivity contribution in [3.63, 3.8) is 0 Å². The van der Waals surface area contributed by atoms with Gasteiger partial charge in [0.1, 0.15) is 12.1 Å². The Kier molecular flexibility index (Phi) is 3.83. The first kappa shape index (κ1) is 14.6. The summed E-state index contributed by atoms with van der Waals surface area (Å²) in [7, 11) is 0. The van der Waals surface area contributed by atoms with Gasteiger partial charge in [0.15, 0.2) is 0 Å². The zero-order valence-electron chi connectivity index (χ0n) is 12.5. The second-order valence-corrected chi connectivity index (χ2v) is 6.28. The van der Waals surface area contributed by atoms with Gasteiger partial charge in [0.05, 0.1) is 6.54 Å². The van der Waals surface area contributed by atoms with Gasteiger partial charge in [-0.3, -0.25) is 14.3 Å². The van der Waals surface area contributed by atoms with E-state index in [9.17, 15) is 9.59 Å². The van der Waals surface area contributed by atoms with E-state index in [1.54, 1.807) is 22.7 Å². The molecule has 0 bridgehead atoms. The van der Waals surface area contributed by atoms with Crippen molar-refractivity contribution in [2.75, 3.05) is 6.54 Å². The molecule has 2 heterocycles. The van der Waals surface area contributed by atoms with Crippen LogP contribution >= 0.6 is 0 Å². The summed E-state index contributed by atoms with van der Waals surface area (Å²) in [6.45, 7) is 8.71. The molecule has 2 amide bonds. The number of aromatic nitrogens is 2. The highest BCUT2D eigenvalue weighted by atomic mass is 16.2. The Labute approximate surface area is 119 Å². The van der Waals surface area contributed by atoms with Crippen LogP contribution in [0.3, 0.4) is 0 Å². The van der Waals surface area contributed by atoms with Crippen LogP contribution in [0.4, 0.5) is 0 Å². The highest BCUT2D eigenvalue weighted by molar-refractivity contribution is 5.97. The molecule has 1 N–H and O–H groups in total. The largest absolute Gasteiger partial charge is 0.342 e. The van der Waals surface area contributed by atoms with Crippen molar-refractivity contribution in [1.29, 1.82) is 0 Å². The number of carbonyl (C=O) groups excluding carboxylic acids is 2. The second kappa shape index (κ2) is 5.26.